The first-order chi connectivity index (χ1) is 6.11. The number of hydrogen-bond acceptors (Lipinski definition) is 2. The maximum Gasteiger partial charge on any atom is 0.225 e. The fourth-order valence-corrected chi connectivity index (χ4v) is 1.91. The van der Waals surface area contributed by atoms with E-state index in [4.69, 9.17) is 0 Å². The van der Waals surface area contributed by atoms with Crippen molar-refractivity contribution >= 4 is 17.2 Å². The van der Waals surface area contributed by atoms with Crippen molar-refractivity contribution in [2.75, 3.05) is 7.05 Å². The first-order valence-corrected chi connectivity index (χ1v) is 5.26. The van der Waals surface area contributed by atoms with Crippen LogP contribution >= 0.6 is 11.3 Å². The van der Waals surface area contributed by atoms with Crippen molar-refractivity contribution < 1.29 is 4.79 Å². The zero-order valence-electron chi connectivity index (χ0n) is 8.28. The van der Waals surface area contributed by atoms with Crippen LogP contribution in [0, 0.1) is 5.92 Å². The Hall–Kier alpha value is -0.830. The van der Waals surface area contributed by atoms with Crippen molar-refractivity contribution in [3.05, 3.63) is 22.4 Å². The summed E-state index contributed by atoms with van der Waals surface area (Å²) in [5.74, 6) is 0.290. The van der Waals surface area contributed by atoms with Crippen LogP contribution < -0.4 is 0 Å². The van der Waals surface area contributed by atoms with E-state index >= 15 is 0 Å². The van der Waals surface area contributed by atoms with Crippen molar-refractivity contribution in [3.8, 4) is 0 Å². The van der Waals surface area contributed by atoms with Gasteiger partial charge in [-0.15, -0.1) is 11.3 Å². The normalized spacial score (nSPS) is 10.5. The Morgan fingerprint density at radius 3 is 2.77 bits per heavy atom. The molecule has 0 spiro atoms. The molecule has 0 saturated carbocycles. The summed E-state index contributed by atoms with van der Waals surface area (Å²) in [6.07, 6.45) is 0. The first-order valence-electron chi connectivity index (χ1n) is 4.38. The van der Waals surface area contributed by atoms with Gasteiger partial charge in [0.1, 0.15) is 0 Å². The summed E-state index contributed by atoms with van der Waals surface area (Å²) >= 11 is 1.69. The lowest BCUT2D eigenvalue weighted by atomic mass is 10.2. The van der Waals surface area contributed by atoms with E-state index in [0.717, 1.165) is 6.54 Å². The van der Waals surface area contributed by atoms with Gasteiger partial charge >= 0.3 is 0 Å². The largest absolute Gasteiger partial charge is 0.340 e. The molecule has 1 aromatic heterocycles. The van der Waals surface area contributed by atoms with Crippen LogP contribution in [0.25, 0.3) is 0 Å². The van der Waals surface area contributed by atoms with Crippen LogP contribution in [0.1, 0.15) is 18.7 Å². The van der Waals surface area contributed by atoms with Crippen molar-refractivity contribution in [2.45, 2.75) is 20.4 Å². The molecular weight excluding hydrogens is 182 g/mol. The van der Waals surface area contributed by atoms with E-state index in [1.54, 1.807) is 16.2 Å². The number of nitrogens with zero attached hydrogens (tertiary/aromatic N) is 1. The van der Waals surface area contributed by atoms with Gasteiger partial charge in [-0.2, -0.15) is 0 Å². The smallest absolute Gasteiger partial charge is 0.225 e. The van der Waals surface area contributed by atoms with Crippen LogP contribution in [-0.2, 0) is 11.3 Å². The minimum Gasteiger partial charge on any atom is -0.340 e. The van der Waals surface area contributed by atoms with Crippen molar-refractivity contribution in [1.82, 2.24) is 4.90 Å². The molecule has 0 unspecified atom stereocenters. The molecule has 1 rings (SSSR count). The molecule has 1 aromatic rings. The van der Waals surface area contributed by atoms with Gasteiger partial charge in [-0.3, -0.25) is 4.79 Å². The third-order valence-electron chi connectivity index (χ3n) is 1.84. The van der Waals surface area contributed by atoms with Crippen LogP contribution in [0.2, 0.25) is 0 Å². The van der Waals surface area contributed by atoms with E-state index in [9.17, 15) is 4.79 Å². The van der Waals surface area contributed by atoms with Gasteiger partial charge in [0.15, 0.2) is 0 Å². The SMILES string of the molecule is CC(C)C(=O)N(C)Cc1cccs1. The number of rotatable bonds is 3. The molecule has 0 bridgehead atoms. The molecule has 72 valence electrons. The predicted octanol–water partition coefficient (Wildman–Crippen LogP) is 2.36. The van der Waals surface area contributed by atoms with Gasteiger partial charge in [-0.1, -0.05) is 19.9 Å². The number of thiophene rings is 1. The fraction of sp³-hybridized carbons (Fsp3) is 0.500. The van der Waals surface area contributed by atoms with Crippen LogP contribution in [-0.4, -0.2) is 17.9 Å². The zero-order chi connectivity index (χ0) is 9.84. The highest BCUT2D eigenvalue weighted by Crippen LogP contribution is 2.12. The predicted molar refractivity (Wildman–Crippen MR) is 55.6 cm³/mol. The number of amides is 1. The zero-order valence-corrected chi connectivity index (χ0v) is 9.10. The van der Waals surface area contributed by atoms with E-state index in [1.807, 2.05) is 32.3 Å². The van der Waals surface area contributed by atoms with E-state index in [1.165, 1.54) is 4.88 Å². The van der Waals surface area contributed by atoms with Crippen molar-refractivity contribution in [3.63, 3.8) is 0 Å². The topological polar surface area (TPSA) is 20.3 Å². The molecule has 0 fully saturated rings. The van der Waals surface area contributed by atoms with Crippen LogP contribution in [0.15, 0.2) is 17.5 Å². The Kier molecular flexibility index (Phi) is 3.48. The third-order valence-corrected chi connectivity index (χ3v) is 2.70. The number of carbonyl (C=O) groups excluding carboxylic acids is 1. The molecular formula is C10H15NOS. The van der Waals surface area contributed by atoms with Gasteiger partial charge < -0.3 is 4.90 Å². The molecule has 0 radical (unpaired) electrons. The van der Waals surface area contributed by atoms with E-state index in [2.05, 4.69) is 6.07 Å². The summed E-state index contributed by atoms with van der Waals surface area (Å²) in [4.78, 5) is 14.5. The molecule has 0 aromatic carbocycles. The highest BCUT2D eigenvalue weighted by Gasteiger charge is 2.12. The van der Waals surface area contributed by atoms with Gasteiger partial charge in [0.2, 0.25) is 5.91 Å². The third kappa shape index (κ3) is 2.84. The summed E-state index contributed by atoms with van der Waals surface area (Å²) in [6, 6.07) is 4.06. The Morgan fingerprint density at radius 2 is 2.31 bits per heavy atom. The Morgan fingerprint density at radius 1 is 1.62 bits per heavy atom. The number of hydrogen-bond donors (Lipinski definition) is 0. The second kappa shape index (κ2) is 4.42. The summed E-state index contributed by atoms with van der Waals surface area (Å²) < 4.78 is 0. The highest BCUT2D eigenvalue weighted by molar-refractivity contribution is 7.09. The molecule has 0 aliphatic carbocycles. The van der Waals surface area contributed by atoms with E-state index in [-0.39, 0.29) is 11.8 Å². The van der Waals surface area contributed by atoms with Gasteiger partial charge in [0.25, 0.3) is 0 Å². The maximum absolute atomic E-state index is 11.5. The van der Waals surface area contributed by atoms with Crippen LogP contribution in [0.3, 0.4) is 0 Å². The molecule has 13 heavy (non-hydrogen) atoms. The Bertz CT molecular complexity index is 266. The van der Waals surface area contributed by atoms with Gasteiger partial charge in [-0.05, 0) is 11.4 Å². The van der Waals surface area contributed by atoms with Gasteiger partial charge in [0, 0.05) is 17.8 Å². The molecule has 0 saturated heterocycles. The standard InChI is InChI=1S/C10H15NOS/c1-8(2)10(12)11(3)7-9-5-4-6-13-9/h4-6,8H,7H2,1-3H3. The van der Waals surface area contributed by atoms with Crippen LogP contribution in [0.4, 0.5) is 0 Å². The second-order valence-corrected chi connectivity index (χ2v) is 4.46. The lowest BCUT2D eigenvalue weighted by Gasteiger charge is -2.18. The van der Waals surface area contributed by atoms with Gasteiger partial charge in [-0.25, -0.2) is 0 Å². The highest BCUT2D eigenvalue weighted by atomic mass is 32.1. The summed E-state index contributed by atoms with van der Waals surface area (Å²) in [5.41, 5.74) is 0. The van der Waals surface area contributed by atoms with E-state index < -0.39 is 0 Å². The molecule has 0 atom stereocenters. The lowest BCUT2D eigenvalue weighted by Crippen LogP contribution is -2.29. The monoisotopic (exact) mass is 197 g/mol. The average Bonchev–Trinajstić information content (AvgIpc) is 2.55. The molecule has 2 nitrogen and oxygen atoms in total. The maximum atomic E-state index is 11.5. The quantitative estimate of drug-likeness (QED) is 0.728. The van der Waals surface area contributed by atoms with Crippen LogP contribution in [0.5, 0.6) is 0 Å². The molecule has 1 heterocycles. The van der Waals surface area contributed by atoms with Gasteiger partial charge in [0.05, 0.1) is 6.54 Å². The minimum absolute atomic E-state index is 0.0879. The van der Waals surface area contributed by atoms with Crippen molar-refractivity contribution in [1.29, 1.82) is 0 Å². The summed E-state index contributed by atoms with van der Waals surface area (Å²) in [7, 11) is 1.85. The molecule has 0 aliphatic rings. The molecule has 0 aliphatic heterocycles. The number of carbonyl (C=O) groups is 1. The Labute approximate surface area is 83.2 Å². The first kappa shape index (κ1) is 10.3. The van der Waals surface area contributed by atoms with Crippen molar-refractivity contribution in [2.24, 2.45) is 5.92 Å². The minimum atomic E-state index is 0.0879. The Balaban J connectivity index is 2.51. The molecule has 0 N–H and O–H groups in total. The fourth-order valence-electron chi connectivity index (χ4n) is 1.15. The average molecular weight is 197 g/mol. The summed E-state index contributed by atoms with van der Waals surface area (Å²) in [6.45, 7) is 4.58. The summed E-state index contributed by atoms with van der Waals surface area (Å²) in [5, 5.41) is 2.03. The molecule has 3 heteroatoms. The molecule has 1 amide bonds. The second-order valence-electron chi connectivity index (χ2n) is 3.43. The lowest BCUT2D eigenvalue weighted by molar-refractivity contribution is -0.133. The van der Waals surface area contributed by atoms with E-state index in [0.29, 0.717) is 0 Å².